The minimum absolute atomic E-state index is 0.00979. The number of carbonyl (C=O) groups excluding carboxylic acids is 1. The largest absolute Gasteiger partial charge is 0.497 e. The number of hydrogen-bond acceptors (Lipinski definition) is 5. The lowest BCUT2D eigenvalue weighted by molar-refractivity contribution is -0.384. The zero-order valence-electron chi connectivity index (χ0n) is 14.1. The Kier molecular flexibility index (Phi) is 5.07. The Morgan fingerprint density at radius 3 is 2.62 bits per heavy atom. The van der Waals surface area contributed by atoms with Gasteiger partial charge < -0.3 is 10.1 Å². The molecule has 1 amide bonds. The van der Waals surface area contributed by atoms with Crippen molar-refractivity contribution in [3.8, 4) is 5.75 Å². The van der Waals surface area contributed by atoms with Crippen molar-refractivity contribution < 1.29 is 14.5 Å². The first kappa shape index (κ1) is 17.3. The van der Waals surface area contributed by atoms with Crippen molar-refractivity contribution in [1.29, 1.82) is 0 Å². The van der Waals surface area contributed by atoms with Crippen molar-refractivity contribution in [2.75, 3.05) is 12.4 Å². The fourth-order valence-corrected chi connectivity index (χ4v) is 2.55. The number of hydrogen-bond donors (Lipinski definition) is 1. The summed E-state index contributed by atoms with van der Waals surface area (Å²) in [6, 6.07) is 15.3. The minimum Gasteiger partial charge on any atom is -0.497 e. The Labute approximate surface area is 149 Å². The molecule has 0 radical (unpaired) electrons. The summed E-state index contributed by atoms with van der Waals surface area (Å²) in [6.07, 6.45) is 0.932. The van der Waals surface area contributed by atoms with E-state index in [1.807, 2.05) is 24.3 Å². The second-order valence-corrected chi connectivity index (χ2v) is 5.73. The van der Waals surface area contributed by atoms with E-state index in [1.54, 1.807) is 25.3 Å². The molecule has 2 aromatic carbocycles. The SMILES string of the molecule is COc1ccc(CCC(=O)Nc2ccc3cc([N+](=O)[O-])ccc3n2)cc1. The van der Waals surface area contributed by atoms with Gasteiger partial charge in [-0.1, -0.05) is 12.1 Å². The van der Waals surface area contributed by atoms with Crippen LogP contribution >= 0.6 is 0 Å². The van der Waals surface area contributed by atoms with Crippen LogP contribution in [0.4, 0.5) is 11.5 Å². The van der Waals surface area contributed by atoms with Gasteiger partial charge in [0.1, 0.15) is 11.6 Å². The molecule has 7 nitrogen and oxygen atoms in total. The molecule has 3 rings (SSSR count). The third-order valence-corrected chi connectivity index (χ3v) is 3.95. The van der Waals surface area contributed by atoms with Gasteiger partial charge in [-0.3, -0.25) is 14.9 Å². The number of fused-ring (bicyclic) bond motifs is 1. The molecule has 0 aliphatic rings. The molecule has 0 saturated carbocycles. The number of nitrogens with zero attached hydrogens (tertiary/aromatic N) is 2. The first-order chi connectivity index (χ1) is 12.5. The Morgan fingerprint density at radius 1 is 1.15 bits per heavy atom. The third-order valence-electron chi connectivity index (χ3n) is 3.95. The first-order valence-electron chi connectivity index (χ1n) is 8.03. The average Bonchev–Trinajstić information content (AvgIpc) is 2.66. The minimum atomic E-state index is -0.450. The standard InChI is InChI=1S/C19H17N3O4/c1-26-16-7-2-13(3-8-16)4-11-19(23)21-18-10-5-14-12-15(22(24)25)6-9-17(14)20-18/h2-3,5-10,12H,4,11H2,1H3,(H,20,21,23). The Hall–Kier alpha value is -3.48. The number of benzene rings is 2. The molecule has 0 atom stereocenters. The second kappa shape index (κ2) is 7.60. The van der Waals surface area contributed by atoms with Gasteiger partial charge in [-0.05, 0) is 42.3 Å². The highest BCUT2D eigenvalue weighted by atomic mass is 16.6. The maximum Gasteiger partial charge on any atom is 0.270 e. The van der Waals surface area contributed by atoms with E-state index in [2.05, 4.69) is 10.3 Å². The Balaban J connectivity index is 1.63. The summed E-state index contributed by atoms with van der Waals surface area (Å²) in [6.45, 7) is 0. The molecule has 1 N–H and O–H groups in total. The van der Waals surface area contributed by atoms with Crippen molar-refractivity contribution in [1.82, 2.24) is 4.98 Å². The van der Waals surface area contributed by atoms with E-state index in [4.69, 9.17) is 4.74 Å². The van der Waals surface area contributed by atoms with Crippen LogP contribution < -0.4 is 10.1 Å². The molecule has 7 heteroatoms. The zero-order valence-corrected chi connectivity index (χ0v) is 14.1. The molecule has 1 heterocycles. The van der Waals surface area contributed by atoms with Crippen molar-refractivity contribution in [3.05, 3.63) is 70.3 Å². The molecule has 0 saturated heterocycles. The summed E-state index contributed by atoms with van der Waals surface area (Å²) in [5, 5.41) is 14.2. The van der Waals surface area contributed by atoms with E-state index >= 15 is 0 Å². The predicted molar refractivity (Wildman–Crippen MR) is 98.3 cm³/mol. The van der Waals surface area contributed by atoms with Gasteiger partial charge in [-0.25, -0.2) is 4.98 Å². The average molecular weight is 351 g/mol. The van der Waals surface area contributed by atoms with Gasteiger partial charge in [-0.15, -0.1) is 0 Å². The van der Waals surface area contributed by atoms with Crippen molar-refractivity contribution >= 4 is 28.3 Å². The van der Waals surface area contributed by atoms with Gasteiger partial charge in [0, 0.05) is 23.9 Å². The number of nitrogens with one attached hydrogen (secondary N) is 1. The van der Waals surface area contributed by atoms with Crippen LogP contribution in [0.3, 0.4) is 0 Å². The van der Waals surface area contributed by atoms with Crippen LogP contribution in [-0.4, -0.2) is 22.9 Å². The van der Waals surface area contributed by atoms with Crippen LogP contribution in [0.1, 0.15) is 12.0 Å². The maximum atomic E-state index is 12.1. The number of nitro groups is 1. The van der Waals surface area contributed by atoms with Gasteiger partial charge in [0.15, 0.2) is 0 Å². The van der Waals surface area contributed by atoms with Crippen molar-refractivity contribution in [2.24, 2.45) is 0 Å². The van der Waals surface area contributed by atoms with Crippen LogP contribution in [-0.2, 0) is 11.2 Å². The number of nitro benzene ring substituents is 1. The van der Waals surface area contributed by atoms with E-state index < -0.39 is 4.92 Å². The summed E-state index contributed by atoms with van der Waals surface area (Å²) >= 11 is 0. The van der Waals surface area contributed by atoms with E-state index in [-0.39, 0.29) is 11.6 Å². The van der Waals surface area contributed by atoms with Gasteiger partial charge >= 0.3 is 0 Å². The number of ether oxygens (including phenoxy) is 1. The normalized spacial score (nSPS) is 10.5. The molecule has 0 unspecified atom stereocenters. The number of carbonyl (C=O) groups is 1. The van der Waals surface area contributed by atoms with Gasteiger partial charge in [0.2, 0.25) is 5.91 Å². The summed E-state index contributed by atoms with van der Waals surface area (Å²) in [7, 11) is 1.61. The molecule has 26 heavy (non-hydrogen) atoms. The molecule has 0 fully saturated rings. The topological polar surface area (TPSA) is 94.4 Å². The maximum absolute atomic E-state index is 12.1. The molecular formula is C19H17N3O4. The number of methoxy groups -OCH3 is 1. The number of aromatic nitrogens is 1. The number of anilines is 1. The molecule has 0 aliphatic carbocycles. The van der Waals surface area contributed by atoms with Crippen molar-refractivity contribution in [2.45, 2.75) is 12.8 Å². The lowest BCUT2D eigenvalue weighted by Gasteiger charge is -2.06. The first-order valence-corrected chi connectivity index (χ1v) is 8.03. The summed E-state index contributed by atoms with van der Waals surface area (Å²) in [4.78, 5) is 26.8. The number of pyridine rings is 1. The van der Waals surface area contributed by atoms with E-state index in [1.165, 1.54) is 12.1 Å². The van der Waals surface area contributed by atoms with Crippen LogP contribution in [0, 0.1) is 10.1 Å². The van der Waals surface area contributed by atoms with Gasteiger partial charge in [0.05, 0.1) is 17.5 Å². The quantitative estimate of drug-likeness (QED) is 0.539. The molecule has 0 aliphatic heterocycles. The number of aryl methyl sites for hydroxylation is 1. The van der Waals surface area contributed by atoms with E-state index in [9.17, 15) is 14.9 Å². The predicted octanol–water partition coefficient (Wildman–Crippen LogP) is 3.72. The van der Waals surface area contributed by atoms with Crippen LogP contribution in [0.2, 0.25) is 0 Å². The van der Waals surface area contributed by atoms with Gasteiger partial charge in [0.25, 0.3) is 5.69 Å². The molecule has 1 aromatic heterocycles. The molecular weight excluding hydrogens is 334 g/mol. The summed E-state index contributed by atoms with van der Waals surface area (Å²) in [5.41, 5.74) is 1.64. The van der Waals surface area contributed by atoms with Gasteiger partial charge in [-0.2, -0.15) is 0 Å². The molecule has 3 aromatic rings. The van der Waals surface area contributed by atoms with Crippen molar-refractivity contribution in [3.63, 3.8) is 0 Å². The smallest absolute Gasteiger partial charge is 0.270 e. The lowest BCUT2D eigenvalue weighted by Crippen LogP contribution is -2.13. The fourth-order valence-electron chi connectivity index (χ4n) is 2.55. The number of non-ortho nitro benzene ring substituents is 1. The third kappa shape index (κ3) is 4.13. The highest BCUT2D eigenvalue weighted by molar-refractivity contribution is 5.91. The zero-order chi connectivity index (χ0) is 18.5. The Bertz CT molecular complexity index is 955. The second-order valence-electron chi connectivity index (χ2n) is 5.73. The van der Waals surface area contributed by atoms with E-state index in [0.29, 0.717) is 29.6 Å². The molecule has 132 valence electrons. The molecule has 0 spiro atoms. The van der Waals surface area contributed by atoms with Crippen LogP contribution in [0.25, 0.3) is 10.9 Å². The van der Waals surface area contributed by atoms with Crippen LogP contribution in [0.5, 0.6) is 5.75 Å². The summed E-state index contributed by atoms with van der Waals surface area (Å²) < 4.78 is 5.10. The number of rotatable bonds is 6. The Morgan fingerprint density at radius 2 is 1.92 bits per heavy atom. The number of amides is 1. The fraction of sp³-hybridized carbons (Fsp3) is 0.158. The van der Waals surface area contributed by atoms with E-state index in [0.717, 1.165) is 11.3 Å². The lowest BCUT2D eigenvalue weighted by atomic mass is 10.1. The highest BCUT2D eigenvalue weighted by Gasteiger charge is 2.09. The van der Waals surface area contributed by atoms with Crippen LogP contribution in [0.15, 0.2) is 54.6 Å². The monoisotopic (exact) mass is 351 g/mol. The molecule has 0 bridgehead atoms. The highest BCUT2D eigenvalue weighted by Crippen LogP contribution is 2.21. The summed E-state index contributed by atoms with van der Waals surface area (Å²) in [5.74, 6) is 1.06.